The first-order chi connectivity index (χ1) is 9.78. The molecule has 0 saturated carbocycles. The van der Waals surface area contributed by atoms with Gasteiger partial charge in [0.25, 0.3) is 0 Å². The maximum atomic E-state index is 11.9. The summed E-state index contributed by atoms with van der Waals surface area (Å²) in [4.78, 5) is 11.7. The topological polar surface area (TPSA) is 55.1 Å². The number of nitrogens with one attached hydrogen (secondary N) is 1. The van der Waals surface area contributed by atoms with E-state index in [2.05, 4.69) is 5.32 Å². The molecule has 0 aliphatic heterocycles. The van der Waals surface area contributed by atoms with E-state index in [0.29, 0.717) is 18.5 Å². The quantitative estimate of drug-likeness (QED) is 0.597. The number of nitrogen functional groups attached to an aromatic ring is 1. The monoisotopic (exact) mass is 302 g/mol. The molecule has 21 heavy (non-hydrogen) atoms. The Kier molecular flexibility index (Phi) is 6.52. The van der Waals surface area contributed by atoms with Crippen LogP contribution < -0.4 is 11.1 Å². The van der Waals surface area contributed by atoms with Gasteiger partial charge in [-0.2, -0.15) is 13.2 Å². The second kappa shape index (κ2) is 7.90. The molecule has 0 aliphatic rings. The van der Waals surface area contributed by atoms with Crippen molar-refractivity contribution in [1.82, 2.24) is 5.32 Å². The van der Waals surface area contributed by atoms with Gasteiger partial charge in [0, 0.05) is 25.1 Å². The molecule has 1 unspecified atom stereocenters. The fourth-order valence-corrected chi connectivity index (χ4v) is 1.97. The predicted molar refractivity (Wildman–Crippen MR) is 76.8 cm³/mol. The van der Waals surface area contributed by atoms with Gasteiger partial charge in [-0.05, 0) is 36.5 Å². The normalized spacial score (nSPS) is 13.0. The van der Waals surface area contributed by atoms with E-state index >= 15 is 0 Å². The van der Waals surface area contributed by atoms with Gasteiger partial charge in [-0.25, -0.2) is 0 Å². The van der Waals surface area contributed by atoms with Crippen molar-refractivity contribution in [3.8, 4) is 0 Å². The van der Waals surface area contributed by atoms with E-state index in [0.717, 1.165) is 5.56 Å². The number of alkyl halides is 3. The Morgan fingerprint density at radius 3 is 2.43 bits per heavy atom. The highest BCUT2D eigenvalue weighted by Gasteiger charge is 2.25. The molecule has 1 aromatic rings. The number of carbonyl (C=O) groups is 1. The number of hydrogen-bond donors (Lipinski definition) is 2. The molecule has 6 heteroatoms. The summed E-state index contributed by atoms with van der Waals surface area (Å²) in [5.74, 6) is -0.105. The van der Waals surface area contributed by atoms with Gasteiger partial charge in [0.05, 0.1) is 0 Å². The molecular weight excluding hydrogens is 281 g/mol. The largest absolute Gasteiger partial charge is 0.399 e. The van der Waals surface area contributed by atoms with E-state index in [-0.39, 0.29) is 24.8 Å². The number of halogens is 3. The minimum Gasteiger partial charge on any atom is -0.399 e. The summed E-state index contributed by atoms with van der Waals surface area (Å²) in [5, 5.41) is 2.65. The van der Waals surface area contributed by atoms with Gasteiger partial charge in [0.2, 0.25) is 5.91 Å². The van der Waals surface area contributed by atoms with Gasteiger partial charge in [0.15, 0.2) is 0 Å². The van der Waals surface area contributed by atoms with Crippen molar-refractivity contribution in [1.29, 1.82) is 0 Å². The molecule has 3 nitrogen and oxygen atoms in total. The van der Waals surface area contributed by atoms with Crippen molar-refractivity contribution >= 4 is 11.6 Å². The Morgan fingerprint density at radius 1 is 1.24 bits per heavy atom. The maximum absolute atomic E-state index is 11.9. The van der Waals surface area contributed by atoms with Crippen molar-refractivity contribution in [2.45, 2.75) is 44.7 Å². The fraction of sp³-hybridized carbons (Fsp3) is 0.533. The van der Waals surface area contributed by atoms with E-state index in [9.17, 15) is 18.0 Å². The molecular formula is C15H21F3N2O. The zero-order valence-corrected chi connectivity index (χ0v) is 12.0. The average molecular weight is 302 g/mol. The number of hydrogen-bond acceptors (Lipinski definition) is 2. The molecule has 3 N–H and O–H groups in total. The first-order valence-corrected chi connectivity index (χ1v) is 6.97. The van der Waals surface area contributed by atoms with Gasteiger partial charge >= 0.3 is 6.18 Å². The minimum absolute atomic E-state index is 0.0390. The van der Waals surface area contributed by atoms with Crippen LogP contribution in [-0.2, 0) is 4.79 Å². The van der Waals surface area contributed by atoms with Crippen LogP contribution in [0.3, 0.4) is 0 Å². The summed E-state index contributed by atoms with van der Waals surface area (Å²) in [5.41, 5.74) is 7.27. The molecule has 0 bridgehead atoms. The molecule has 0 spiro atoms. The smallest absolute Gasteiger partial charge is 0.389 e. The summed E-state index contributed by atoms with van der Waals surface area (Å²) >= 11 is 0. The van der Waals surface area contributed by atoms with Crippen LogP contribution in [-0.4, -0.2) is 18.6 Å². The lowest BCUT2D eigenvalue weighted by molar-refractivity contribution is -0.135. The van der Waals surface area contributed by atoms with E-state index in [1.807, 2.05) is 19.1 Å². The minimum atomic E-state index is -4.12. The van der Waals surface area contributed by atoms with Gasteiger partial charge in [-0.15, -0.1) is 0 Å². The Morgan fingerprint density at radius 2 is 1.86 bits per heavy atom. The lowest BCUT2D eigenvalue weighted by Gasteiger charge is -2.12. The third-order valence-electron chi connectivity index (χ3n) is 3.21. The van der Waals surface area contributed by atoms with E-state index in [4.69, 9.17) is 5.73 Å². The van der Waals surface area contributed by atoms with Crippen molar-refractivity contribution in [2.24, 2.45) is 0 Å². The van der Waals surface area contributed by atoms with Crippen molar-refractivity contribution in [2.75, 3.05) is 12.3 Å². The molecule has 1 amide bonds. The van der Waals surface area contributed by atoms with Crippen LogP contribution in [0.2, 0.25) is 0 Å². The number of unbranched alkanes of at least 4 members (excludes halogenated alkanes) is 1. The number of anilines is 1. The Labute approximate surface area is 122 Å². The molecule has 0 aromatic heterocycles. The summed E-state index contributed by atoms with van der Waals surface area (Å²) < 4.78 is 35.8. The van der Waals surface area contributed by atoms with Crippen LogP contribution in [0.15, 0.2) is 24.3 Å². The highest BCUT2D eigenvalue weighted by Crippen LogP contribution is 2.22. The average Bonchev–Trinajstić information content (AvgIpc) is 2.37. The number of carbonyl (C=O) groups excluding carboxylic acids is 1. The van der Waals surface area contributed by atoms with E-state index in [1.54, 1.807) is 12.1 Å². The van der Waals surface area contributed by atoms with Gasteiger partial charge in [0.1, 0.15) is 0 Å². The molecule has 1 rings (SSSR count). The van der Waals surface area contributed by atoms with Crippen LogP contribution in [0.5, 0.6) is 0 Å². The Balaban J connectivity index is 2.23. The lowest BCUT2D eigenvalue weighted by atomic mass is 9.97. The highest BCUT2D eigenvalue weighted by molar-refractivity contribution is 5.76. The standard InChI is InChI=1S/C15H21F3N2O/c1-11(12-4-6-13(19)7-5-12)10-14(21)20-9-3-2-8-15(16,17)18/h4-7,11H,2-3,8-10,19H2,1H3,(H,20,21). The summed E-state index contributed by atoms with van der Waals surface area (Å²) in [6.45, 7) is 2.21. The number of amides is 1. The van der Waals surface area contributed by atoms with Crippen LogP contribution in [0, 0.1) is 0 Å². The SMILES string of the molecule is CC(CC(=O)NCCCCC(F)(F)F)c1ccc(N)cc1. The zero-order valence-electron chi connectivity index (χ0n) is 12.0. The zero-order chi connectivity index (χ0) is 15.9. The third kappa shape index (κ3) is 7.58. The Hall–Kier alpha value is -1.72. The first kappa shape index (κ1) is 17.3. The molecule has 1 atom stereocenters. The van der Waals surface area contributed by atoms with Crippen molar-refractivity contribution in [3.05, 3.63) is 29.8 Å². The number of nitrogens with two attached hydrogens (primary N) is 1. The number of benzene rings is 1. The first-order valence-electron chi connectivity index (χ1n) is 6.97. The van der Waals surface area contributed by atoms with Crippen molar-refractivity contribution < 1.29 is 18.0 Å². The van der Waals surface area contributed by atoms with Gasteiger partial charge < -0.3 is 11.1 Å². The van der Waals surface area contributed by atoms with Crippen LogP contribution >= 0.6 is 0 Å². The molecule has 0 radical (unpaired) electrons. The molecule has 0 saturated heterocycles. The van der Waals surface area contributed by atoms with Gasteiger partial charge in [-0.3, -0.25) is 4.79 Å². The van der Waals surface area contributed by atoms with Crippen molar-refractivity contribution in [3.63, 3.8) is 0 Å². The van der Waals surface area contributed by atoms with E-state index in [1.165, 1.54) is 0 Å². The summed E-state index contributed by atoms with van der Waals surface area (Å²) in [6, 6.07) is 7.30. The van der Waals surface area contributed by atoms with Crippen LogP contribution in [0.25, 0.3) is 0 Å². The van der Waals surface area contributed by atoms with Crippen LogP contribution in [0.1, 0.15) is 44.1 Å². The molecule has 0 heterocycles. The Bertz CT molecular complexity index is 443. The molecule has 1 aromatic carbocycles. The predicted octanol–water partition coefficient (Wildman–Crippen LogP) is 3.61. The van der Waals surface area contributed by atoms with Crippen LogP contribution in [0.4, 0.5) is 18.9 Å². The highest BCUT2D eigenvalue weighted by atomic mass is 19.4. The maximum Gasteiger partial charge on any atom is 0.389 e. The van der Waals surface area contributed by atoms with E-state index < -0.39 is 12.6 Å². The summed E-state index contributed by atoms with van der Waals surface area (Å²) in [7, 11) is 0. The van der Waals surface area contributed by atoms with Gasteiger partial charge in [-0.1, -0.05) is 19.1 Å². The second-order valence-electron chi connectivity index (χ2n) is 5.19. The number of rotatable bonds is 7. The molecule has 0 aliphatic carbocycles. The second-order valence-corrected chi connectivity index (χ2v) is 5.19. The molecule has 0 fully saturated rings. The fourth-order valence-electron chi connectivity index (χ4n) is 1.97. The third-order valence-corrected chi connectivity index (χ3v) is 3.21. The summed E-state index contributed by atoms with van der Waals surface area (Å²) in [6.07, 6.45) is -4.24. The lowest BCUT2D eigenvalue weighted by Crippen LogP contribution is -2.25. The molecule has 118 valence electrons.